The number of hydrogen-bond acceptors (Lipinski definition) is 2. The second-order valence-electron chi connectivity index (χ2n) is 3.14. The highest BCUT2D eigenvalue weighted by atomic mass is 35.5. The monoisotopic (exact) mass is 257 g/mol. The normalized spacial score (nSPS) is 13.9. The summed E-state index contributed by atoms with van der Waals surface area (Å²) in [5.74, 6) is -1.10. The summed E-state index contributed by atoms with van der Waals surface area (Å²) in [5, 5.41) is 8.03. The van der Waals surface area contributed by atoms with Gasteiger partial charge in [-0.15, -0.1) is 0 Å². The molecule has 0 spiro atoms. The Morgan fingerprint density at radius 1 is 1.38 bits per heavy atom. The first-order chi connectivity index (χ1) is 7.27. The van der Waals surface area contributed by atoms with Gasteiger partial charge in [0.05, 0.1) is 23.2 Å². The second-order valence-corrected chi connectivity index (χ2v) is 3.52. The van der Waals surface area contributed by atoms with Gasteiger partial charge in [-0.05, 0) is 17.7 Å². The van der Waals surface area contributed by atoms with Gasteiger partial charge in [0.15, 0.2) is 0 Å². The van der Waals surface area contributed by atoms with Crippen LogP contribution in [0.25, 0.3) is 0 Å². The van der Waals surface area contributed by atoms with Crippen molar-refractivity contribution in [3.05, 3.63) is 34.1 Å². The van der Waals surface area contributed by atoms with E-state index in [4.69, 9.17) is 22.4 Å². The van der Waals surface area contributed by atoms with Crippen molar-refractivity contribution in [2.45, 2.75) is 12.2 Å². The van der Waals surface area contributed by atoms with Crippen LogP contribution in [0.3, 0.4) is 0 Å². The minimum Gasteiger partial charge on any atom is -0.394 e. The van der Waals surface area contributed by atoms with Crippen LogP contribution in [-0.4, -0.2) is 11.7 Å². The van der Waals surface area contributed by atoms with Gasteiger partial charge in [0, 0.05) is 0 Å². The largest absolute Gasteiger partial charge is 0.417 e. The van der Waals surface area contributed by atoms with Crippen molar-refractivity contribution >= 4 is 11.6 Å². The van der Waals surface area contributed by atoms with Crippen LogP contribution >= 0.6 is 11.6 Å². The molecule has 0 amide bonds. The standard InChI is InChI=1S/C9H8ClF4NO/c10-8-5(7(15)3-16)1-4(11)2-6(8)9(12,13)14/h1-2,7,16H,3,15H2/t7-/m1/s1. The Morgan fingerprint density at radius 3 is 2.38 bits per heavy atom. The third kappa shape index (κ3) is 2.63. The summed E-state index contributed by atoms with van der Waals surface area (Å²) in [4.78, 5) is 0. The highest BCUT2D eigenvalue weighted by Gasteiger charge is 2.35. The molecule has 1 aromatic rings. The highest BCUT2D eigenvalue weighted by Crippen LogP contribution is 2.38. The Kier molecular flexibility index (Phi) is 3.77. The van der Waals surface area contributed by atoms with Gasteiger partial charge in [0.25, 0.3) is 0 Å². The molecule has 16 heavy (non-hydrogen) atoms. The first kappa shape index (κ1) is 13.2. The zero-order chi connectivity index (χ0) is 12.5. The summed E-state index contributed by atoms with van der Waals surface area (Å²) >= 11 is 5.46. The van der Waals surface area contributed by atoms with E-state index < -0.39 is 35.2 Å². The van der Waals surface area contributed by atoms with Gasteiger partial charge in [-0.2, -0.15) is 13.2 Å². The SMILES string of the molecule is N[C@H](CO)c1cc(F)cc(C(F)(F)F)c1Cl. The van der Waals surface area contributed by atoms with Crippen LogP contribution in [0.2, 0.25) is 5.02 Å². The van der Waals surface area contributed by atoms with Crippen LogP contribution in [0.15, 0.2) is 12.1 Å². The molecule has 0 aliphatic heterocycles. The zero-order valence-electron chi connectivity index (χ0n) is 7.85. The Bertz CT molecular complexity index is 394. The van der Waals surface area contributed by atoms with Gasteiger partial charge in [0.2, 0.25) is 0 Å². The average molecular weight is 258 g/mol. The Labute approximate surface area is 93.6 Å². The number of halogens is 5. The molecule has 3 N–H and O–H groups in total. The summed E-state index contributed by atoms with van der Waals surface area (Å²) < 4.78 is 50.2. The molecule has 1 atom stereocenters. The topological polar surface area (TPSA) is 46.2 Å². The number of rotatable bonds is 2. The van der Waals surface area contributed by atoms with Crippen LogP contribution in [0.1, 0.15) is 17.2 Å². The quantitative estimate of drug-likeness (QED) is 0.800. The summed E-state index contributed by atoms with van der Waals surface area (Å²) in [6, 6.07) is -0.0849. The van der Waals surface area contributed by atoms with Gasteiger partial charge in [-0.3, -0.25) is 0 Å². The average Bonchev–Trinajstić information content (AvgIpc) is 2.18. The Hall–Kier alpha value is -0.850. The van der Waals surface area contributed by atoms with Gasteiger partial charge in [-0.1, -0.05) is 11.6 Å². The molecule has 0 unspecified atom stereocenters. The molecule has 0 bridgehead atoms. The van der Waals surface area contributed by atoms with E-state index in [0.717, 1.165) is 6.07 Å². The lowest BCUT2D eigenvalue weighted by atomic mass is 10.0. The van der Waals surface area contributed by atoms with Crippen molar-refractivity contribution in [1.29, 1.82) is 0 Å². The number of alkyl halides is 3. The molecule has 1 rings (SSSR count). The van der Waals surface area contributed by atoms with E-state index >= 15 is 0 Å². The predicted octanol–water partition coefficient (Wildman–Crippen LogP) is 2.49. The number of benzene rings is 1. The summed E-state index contributed by atoms with van der Waals surface area (Å²) in [6.45, 7) is -0.625. The van der Waals surface area contributed by atoms with Gasteiger partial charge < -0.3 is 10.8 Å². The molecule has 0 aromatic heterocycles. The van der Waals surface area contributed by atoms with E-state index in [-0.39, 0.29) is 11.6 Å². The predicted molar refractivity (Wildman–Crippen MR) is 50.4 cm³/mol. The number of aliphatic hydroxyl groups is 1. The van der Waals surface area contributed by atoms with Crippen molar-refractivity contribution in [1.82, 2.24) is 0 Å². The molecule has 0 aliphatic carbocycles. The minimum absolute atomic E-state index is 0.267. The van der Waals surface area contributed by atoms with Crippen molar-refractivity contribution in [2.75, 3.05) is 6.61 Å². The molecule has 2 nitrogen and oxygen atoms in total. The van der Waals surface area contributed by atoms with Crippen molar-refractivity contribution in [3.8, 4) is 0 Å². The van der Waals surface area contributed by atoms with E-state index in [9.17, 15) is 17.6 Å². The van der Waals surface area contributed by atoms with Crippen LogP contribution in [0, 0.1) is 5.82 Å². The molecule has 90 valence electrons. The molecule has 0 aliphatic rings. The first-order valence-corrected chi connectivity index (χ1v) is 4.57. The number of hydrogen-bond donors (Lipinski definition) is 2. The van der Waals surface area contributed by atoms with E-state index in [1.54, 1.807) is 0 Å². The molecule has 0 radical (unpaired) electrons. The second kappa shape index (κ2) is 4.57. The molecule has 7 heteroatoms. The van der Waals surface area contributed by atoms with Crippen molar-refractivity contribution in [3.63, 3.8) is 0 Å². The van der Waals surface area contributed by atoms with Gasteiger partial charge in [-0.25, -0.2) is 4.39 Å². The maximum absolute atomic E-state index is 12.9. The molecule has 0 fully saturated rings. The highest BCUT2D eigenvalue weighted by molar-refractivity contribution is 6.32. The van der Waals surface area contributed by atoms with Crippen LogP contribution in [0.5, 0.6) is 0 Å². The fourth-order valence-corrected chi connectivity index (χ4v) is 1.54. The van der Waals surface area contributed by atoms with Gasteiger partial charge in [0.1, 0.15) is 5.82 Å². The van der Waals surface area contributed by atoms with Gasteiger partial charge >= 0.3 is 6.18 Å². The summed E-state index contributed by atoms with van der Waals surface area (Å²) in [6.07, 6.45) is -4.76. The summed E-state index contributed by atoms with van der Waals surface area (Å²) in [5.41, 5.74) is 3.74. The van der Waals surface area contributed by atoms with E-state index in [1.807, 2.05) is 0 Å². The molecule has 0 saturated carbocycles. The van der Waals surface area contributed by atoms with Crippen LogP contribution in [-0.2, 0) is 6.18 Å². The van der Waals surface area contributed by atoms with Crippen LogP contribution in [0.4, 0.5) is 17.6 Å². The fraction of sp³-hybridized carbons (Fsp3) is 0.333. The van der Waals surface area contributed by atoms with E-state index in [0.29, 0.717) is 0 Å². The molecule has 0 saturated heterocycles. The third-order valence-corrected chi connectivity index (χ3v) is 2.39. The lowest BCUT2D eigenvalue weighted by Crippen LogP contribution is -2.17. The Morgan fingerprint density at radius 2 is 1.94 bits per heavy atom. The van der Waals surface area contributed by atoms with E-state index in [2.05, 4.69) is 0 Å². The fourth-order valence-electron chi connectivity index (χ4n) is 1.18. The maximum atomic E-state index is 12.9. The Balaban J connectivity index is 3.38. The molecular weight excluding hydrogens is 250 g/mol. The lowest BCUT2D eigenvalue weighted by molar-refractivity contribution is -0.137. The molecule has 1 aromatic carbocycles. The summed E-state index contributed by atoms with van der Waals surface area (Å²) in [7, 11) is 0. The smallest absolute Gasteiger partial charge is 0.394 e. The minimum atomic E-state index is -4.76. The number of aliphatic hydroxyl groups excluding tert-OH is 1. The van der Waals surface area contributed by atoms with Crippen molar-refractivity contribution in [2.24, 2.45) is 5.73 Å². The van der Waals surface area contributed by atoms with Crippen LogP contribution < -0.4 is 5.73 Å². The van der Waals surface area contributed by atoms with E-state index in [1.165, 1.54) is 0 Å². The third-order valence-electron chi connectivity index (χ3n) is 1.97. The van der Waals surface area contributed by atoms with Crippen molar-refractivity contribution < 1.29 is 22.7 Å². The number of nitrogens with two attached hydrogens (primary N) is 1. The molecular formula is C9H8ClF4NO. The molecule has 0 heterocycles. The zero-order valence-corrected chi connectivity index (χ0v) is 8.61. The first-order valence-electron chi connectivity index (χ1n) is 4.20. The maximum Gasteiger partial charge on any atom is 0.417 e. The lowest BCUT2D eigenvalue weighted by Gasteiger charge is -2.16.